The summed E-state index contributed by atoms with van der Waals surface area (Å²) in [6.45, 7) is 3.31. The Morgan fingerprint density at radius 2 is 2.07 bits per heavy atom. The van der Waals surface area contributed by atoms with Crippen LogP contribution in [-0.2, 0) is 11.2 Å². The Balaban J connectivity index is 1.53. The molecule has 2 amide bonds. The van der Waals surface area contributed by atoms with Crippen molar-refractivity contribution in [3.63, 3.8) is 0 Å². The molecule has 0 saturated carbocycles. The van der Waals surface area contributed by atoms with Crippen LogP contribution < -0.4 is 5.32 Å². The van der Waals surface area contributed by atoms with Gasteiger partial charge < -0.3 is 19.5 Å². The fourth-order valence-electron chi connectivity index (χ4n) is 3.97. The van der Waals surface area contributed by atoms with E-state index in [-0.39, 0.29) is 12.1 Å². The maximum atomic E-state index is 12.9. The number of anilines is 1. The molecule has 0 spiro atoms. The van der Waals surface area contributed by atoms with Gasteiger partial charge in [0.05, 0.1) is 24.4 Å². The van der Waals surface area contributed by atoms with Gasteiger partial charge in [-0.1, -0.05) is 19.1 Å². The summed E-state index contributed by atoms with van der Waals surface area (Å²) in [5.74, 6) is 0.528. The predicted molar refractivity (Wildman–Crippen MR) is 114 cm³/mol. The van der Waals surface area contributed by atoms with Crippen molar-refractivity contribution in [2.75, 3.05) is 25.5 Å². The van der Waals surface area contributed by atoms with Crippen LogP contribution in [0.4, 0.5) is 10.5 Å². The molecule has 1 fully saturated rings. The monoisotopic (exact) mass is 407 g/mol. The zero-order valence-corrected chi connectivity index (χ0v) is 17.2. The number of rotatable bonds is 5. The van der Waals surface area contributed by atoms with Gasteiger partial charge in [-0.2, -0.15) is 0 Å². The van der Waals surface area contributed by atoms with Gasteiger partial charge in [0.25, 0.3) is 0 Å². The number of aromatic nitrogens is 3. The number of imidazole rings is 1. The Morgan fingerprint density at radius 3 is 2.87 bits per heavy atom. The average Bonchev–Trinajstić information content (AvgIpc) is 3.38. The molecule has 8 heteroatoms. The zero-order chi connectivity index (χ0) is 21.1. The first-order valence-electron chi connectivity index (χ1n) is 10.2. The summed E-state index contributed by atoms with van der Waals surface area (Å²) in [7, 11) is 1.32. The molecular weight excluding hydrogens is 382 g/mol. The molecule has 2 aromatic heterocycles. The van der Waals surface area contributed by atoms with Gasteiger partial charge in [-0.25, -0.2) is 19.6 Å². The molecule has 156 valence electrons. The first-order valence-corrected chi connectivity index (χ1v) is 10.2. The summed E-state index contributed by atoms with van der Waals surface area (Å²) in [6.07, 6.45) is 4.46. The molecule has 8 nitrogen and oxygen atoms in total. The summed E-state index contributed by atoms with van der Waals surface area (Å²) in [5.41, 5.74) is 2.53. The van der Waals surface area contributed by atoms with Gasteiger partial charge in [-0.3, -0.25) is 0 Å². The molecule has 0 bridgehead atoms. The number of urea groups is 1. The Hall–Kier alpha value is -3.42. The van der Waals surface area contributed by atoms with E-state index in [9.17, 15) is 9.59 Å². The number of esters is 1. The van der Waals surface area contributed by atoms with Crippen molar-refractivity contribution in [1.29, 1.82) is 0 Å². The number of likely N-dealkylation sites (tertiary alicyclic amines) is 1. The number of ether oxygens (including phenoxy) is 1. The number of fused-ring (bicyclic) bond motifs is 1. The quantitative estimate of drug-likeness (QED) is 0.652. The average molecular weight is 407 g/mol. The molecule has 1 unspecified atom stereocenters. The van der Waals surface area contributed by atoms with E-state index in [1.165, 1.54) is 7.11 Å². The van der Waals surface area contributed by atoms with E-state index in [4.69, 9.17) is 9.72 Å². The van der Waals surface area contributed by atoms with E-state index in [0.29, 0.717) is 24.3 Å². The van der Waals surface area contributed by atoms with Crippen molar-refractivity contribution in [2.24, 2.45) is 0 Å². The molecule has 3 aromatic rings. The summed E-state index contributed by atoms with van der Waals surface area (Å²) >= 11 is 0. The van der Waals surface area contributed by atoms with Gasteiger partial charge in [-0.05, 0) is 37.1 Å². The number of methoxy groups -OCH3 is 1. The molecular formula is C22H25N5O3. The zero-order valence-electron chi connectivity index (χ0n) is 17.2. The number of nitrogens with zero attached hydrogens (tertiary/aromatic N) is 4. The topological polar surface area (TPSA) is 89.4 Å². The Kier molecular flexibility index (Phi) is 5.65. The van der Waals surface area contributed by atoms with Gasteiger partial charge in [0.2, 0.25) is 0 Å². The van der Waals surface area contributed by atoms with Crippen LogP contribution in [0.3, 0.4) is 0 Å². The van der Waals surface area contributed by atoms with Crippen LogP contribution in [0, 0.1) is 0 Å². The summed E-state index contributed by atoms with van der Waals surface area (Å²) in [6, 6.07) is 10.6. The molecule has 3 heterocycles. The molecule has 1 saturated heterocycles. The molecule has 0 radical (unpaired) electrons. The number of amides is 2. The van der Waals surface area contributed by atoms with Gasteiger partial charge in [-0.15, -0.1) is 0 Å². The minimum atomic E-state index is -0.481. The van der Waals surface area contributed by atoms with Crippen LogP contribution in [0.1, 0.15) is 42.0 Å². The summed E-state index contributed by atoms with van der Waals surface area (Å²) in [4.78, 5) is 35.9. The third-order valence-electron chi connectivity index (χ3n) is 5.39. The number of hydrogen-bond acceptors (Lipinski definition) is 5. The van der Waals surface area contributed by atoms with Crippen molar-refractivity contribution < 1.29 is 14.3 Å². The van der Waals surface area contributed by atoms with E-state index in [1.54, 1.807) is 35.4 Å². The van der Waals surface area contributed by atoms with E-state index < -0.39 is 5.97 Å². The Morgan fingerprint density at radius 1 is 1.23 bits per heavy atom. The highest BCUT2D eigenvalue weighted by molar-refractivity contribution is 6.00. The predicted octanol–water partition coefficient (Wildman–Crippen LogP) is 3.65. The van der Waals surface area contributed by atoms with Crippen molar-refractivity contribution in [3.05, 3.63) is 54.0 Å². The standard InChI is InChI=1S/C22H25N5O3/c1-3-7-19-24-18-10-6-12-23-20(18)27(19)15-11-13-26(14-15)22(29)25-17-9-5-4-8-16(17)21(28)30-2/h4-6,8-10,12,15H,3,7,11,13-14H2,1-2H3,(H,25,29). The number of aryl methyl sites for hydroxylation is 1. The second-order valence-corrected chi connectivity index (χ2v) is 7.35. The van der Waals surface area contributed by atoms with Crippen LogP contribution in [0.5, 0.6) is 0 Å². The number of carbonyl (C=O) groups excluding carboxylic acids is 2. The van der Waals surface area contributed by atoms with Crippen LogP contribution in [0.15, 0.2) is 42.6 Å². The SMILES string of the molecule is CCCc1nc2cccnc2n1C1CCN(C(=O)Nc2ccccc2C(=O)OC)C1. The molecule has 1 aliphatic heterocycles. The van der Waals surface area contributed by atoms with E-state index in [1.807, 2.05) is 12.1 Å². The van der Waals surface area contributed by atoms with Gasteiger partial charge in [0.15, 0.2) is 5.65 Å². The molecule has 1 N–H and O–H groups in total. The smallest absolute Gasteiger partial charge is 0.339 e. The number of carbonyl (C=O) groups is 2. The Labute approximate surface area is 174 Å². The highest BCUT2D eigenvalue weighted by Crippen LogP contribution is 2.28. The summed E-state index contributed by atoms with van der Waals surface area (Å²) < 4.78 is 6.99. The minimum Gasteiger partial charge on any atom is -0.465 e. The lowest BCUT2D eigenvalue weighted by Gasteiger charge is -2.20. The molecule has 1 aromatic carbocycles. The molecule has 0 aliphatic carbocycles. The first-order chi connectivity index (χ1) is 14.6. The van der Waals surface area contributed by atoms with E-state index >= 15 is 0 Å². The van der Waals surface area contributed by atoms with E-state index in [0.717, 1.165) is 36.3 Å². The van der Waals surface area contributed by atoms with Crippen LogP contribution in [-0.4, -0.2) is 51.6 Å². The number of nitrogens with one attached hydrogen (secondary N) is 1. The lowest BCUT2D eigenvalue weighted by molar-refractivity contribution is 0.0602. The number of benzene rings is 1. The fourth-order valence-corrected chi connectivity index (χ4v) is 3.97. The van der Waals surface area contributed by atoms with Crippen LogP contribution in [0.25, 0.3) is 11.2 Å². The lowest BCUT2D eigenvalue weighted by Crippen LogP contribution is -2.33. The number of hydrogen-bond donors (Lipinski definition) is 1. The van der Waals surface area contributed by atoms with Crippen molar-refractivity contribution >= 4 is 28.9 Å². The highest BCUT2D eigenvalue weighted by atomic mass is 16.5. The van der Waals surface area contributed by atoms with Gasteiger partial charge >= 0.3 is 12.0 Å². The Bertz CT molecular complexity index is 1080. The normalized spacial score (nSPS) is 16.1. The van der Waals surface area contributed by atoms with Gasteiger partial charge in [0.1, 0.15) is 11.3 Å². The van der Waals surface area contributed by atoms with Crippen molar-refractivity contribution in [2.45, 2.75) is 32.2 Å². The second kappa shape index (κ2) is 8.52. The fraction of sp³-hybridized carbons (Fsp3) is 0.364. The molecule has 1 atom stereocenters. The molecule has 1 aliphatic rings. The third-order valence-corrected chi connectivity index (χ3v) is 5.39. The minimum absolute atomic E-state index is 0.119. The van der Waals surface area contributed by atoms with E-state index in [2.05, 4.69) is 21.8 Å². The van der Waals surface area contributed by atoms with Crippen molar-refractivity contribution in [3.8, 4) is 0 Å². The number of para-hydroxylation sites is 1. The maximum Gasteiger partial charge on any atom is 0.339 e. The second-order valence-electron chi connectivity index (χ2n) is 7.35. The maximum absolute atomic E-state index is 12.9. The number of pyridine rings is 1. The lowest BCUT2D eigenvalue weighted by atomic mass is 10.2. The van der Waals surface area contributed by atoms with Crippen LogP contribution in [0.2, 0.25) is 0 Å². The third kappa shape index (κ3) is 3.72. The molecule has 30 heavy (non-hydrogen) atoms. The summed E-state index contributed by atoms with van der Waals surface area (Å²) in [5, 5.41) is 2.86. The van der Waals surface area contributed by atoms with Gasteiger partial charge in [0, 0.05) is 25.7 Å². The largest absolute Gasteiger partial charge is 0.465 e. The van der Waals surface area contributed by atoms with Crippen molar-refractivity contribution in [1.82, 2.24) is 19.4 Å². The van der Waals surface area contributed by atoms with Crippen LogP contribution >= 0.6 is 0 Å². The highest BCUT2D eigenvalue weighted by Gasteiger charge is 2.30. The molecule has 4 rings (SSSR count). The first kappa shape index (κ1) is 19.9.